The molecule has 5 heteroatoms. The van der Waals surface area contributed by atoms with Gasteiger partial charge in [-0.1, -0.05) is 6.07 Å². The van der Waals surface area contributed by atoms with Gasteiger partial charge in [0.2, 0.25) is 0 Å². The number of aromatic nitrogens is 2. The minimum absolute atomic E-state index is 0.236. The number of thiazole rings is 1. The number of carbonyl (C=O) groups is 1. The van der Waals surface area contributed by atoms with Crippen molar-refractivity contribution in [2.45, 2.75) is 12.8 Å². The normalized spacial score (nSPS) is 10.2. The maximum absolute atomic E-state index is 11.1. The van der Waals surface area contributed by atoms with Gasteiger partial charge in [-0.15, -0.1) is 11.3 Å². The van der Waals surface area contributed by atoms with Crippen LogP contribution in [0.2, 0.25) is 0 Å². The molecule has 0 amide bonds. The Morgan fingerprint density at radius 3 is 3.12 bits per heavy atom. The van der Waals surface area contributed by atoms with Crippen molar-refractivity contribution in [3.8, 4) is 0 Å². The molecule has 0 bridgehead atoms. The second-order valence-corrected chi connectivity index (χ2v) is 4.47. The molecule has 0 fully saturated rings. The van der Waals surface area contributed by atoms with Crippen molar-refractivity contribution >= 4 is 17.3 Å². The molecule has 0 unspecified atom stereocenters. The number of pyridine rings is 1. The van der Waals surface area contributed by atoms with Crippen LogP contribution in [0.3, 0.4) is 0 Å². The fourth-order valence-corrected chi connectivity index (χ4v) is 2.24. The molecule has 88 valence electrons. The zero-order valence-electron chi connectivity index (χ0n) is 9.42. The second kappa shape index (κ2) is 5.54. The summed E-state index contributed by atoms with van der Waals surface area (Å²) in [5.74, 6) is -0.261. The molecule has 0 aliphatic carbocycles. The Kier molecular flexibility index (Phi) is 3.82. The summed E-state index contributed by atoms with van der Waals surface area (Å²) in [6, 6.07) is 3.91. The van der Waals surface area contributed by atoms with E-state index >= 15 is 0 Å². The van der Waals surface area contributed by atoms with Gasteiger partial charge in [0.05, 0.1) is 24.2 Å². The molecule has 2 rings (SSSR count). The van der Waals surface area contributed by atoms with E-state index in [1.54, 1.807) is 17.5 Å². The van der Waals surface area contributed by atoms with E-state index in [2.05, 4.69) is 14.7 Å². The molecule has 0 aliphatic heterocycles. The SMILES string of the molecule is COC(=O)Cc1csc(Cc2cccnc2)n1. The number of hydrogen-bond acceptors (Lipinski definition) is 5. The molecular formula is C12H12N2O2S. The average molecular weight is 248 g/mol. The van der Waals surface area contributed by atoms with Crippen LogP contribution in [0, 0.1) is 0 Å². The predicted octanol–water partition coefficient (Wildman–Crippen LogP) is 1.84. The van der Waals surface area contributed by atoms with Gasteiger partial charge in [0, 0.05) is 24.2 Å². The van der Waals surface area contributed by atoms with E-state index in [4.69, 9.17) is 0 Å². The lowest BCUT2D eigenvalue weighted by Gasteiger charge is -1.96. The fraction of sp³-hybridized carbons (Fsp3) is 0.250. The van der Waals surface area contributed by atoms with Crippen molar-refractivity contribution in [3.63, 3.8) is 0 Å². The van der Waals surface area contributed by atoms with Crippen LogP contribution in [0.25, 0.3) is 0 Å². The zero-order chi connectivity index (χ0) is 12.1. The molecule has 0 N–H and O–H groups in total. The van der Waals surface area contributed by atoms with Crippen LogP contribution < -0.4 is 0 Å². The van der Waals surface area contributed by atoms with Gasteiger partial charge < -0.3 is 4.74 Å². The first-order valence-corrected chi connectivity index (χ1v) is 6.05. The first-order chi connectivity index (χ1) is 8.28. The van der Waals surface area contributed by atoms with E-state index in [0.717, 1.165) is 22.7 Å². The molecule has 4 nitrogen and oxygen atoms in total. The fourth-order valence-electron chi connectivity index (χ4n) is 1.41. The van der Waals surface area contributed by atoms with Gasteiger partial charge in [-0.05, 0) is 11.6 Å². The lowest BCUT2D eigenvalue weighted by atomic mass is 10.2. The van der Waals surface area contributed by atoms with Gasteiger partial charge in [-0.25, -0.2) is 4.98 Å². The first-order valence-electron chi connectivity index (χ1n) is 5.17. The van der Waals surface area contributed by atoms with Crippen LogP contribution in [-0.4, -0.2) is 23.0 Å². The third kappa shape index (κ3) is 3.35. The highest BCUT2D eigenvalue weighted by Crippen LogP contribution is 2.14. The summed E-state index contributed by atoms with van der Waals surface area (Å²) in [5.41, 5.74) is 1.88. The van der Waals surface area contributed by atoms with E-state index in [0.29, 0.717) is 0 Å². The Hall–Kier alpha value is -1.75. The Balaban J connectivity index is 2.01. The summed E-state index contributed by atoms with van der Waals surface area (Å²) in [7, 11) is 1.38. The molecular weight excluding hydrogens is 236 g/mol. The molecule has 0 saturated heterocycles. The Morgan fingerprint density at radius 1 is 1.53 bits per heavy atom. The van der Waals surface area contributed by atoms with E-state index < -0.39 is 0 Å². The highest BCUT2D eigenvalue weighted by molar-refractivity contribution is 7.09. The lowest BCUT2D eigenvalue weighted by molar-refractivity contribution is -0.139. The lowest BCUT2D eigenvalue weighted by Crippen LogP contribution is -2.04. The monoisotopic (exact) mass is 248 g/mol. The number of methoxy groups -OCH3 is 1. The van der Waals surface area contributed by atoms with Crippen LogP contribution >= 0.6 is 11.3 Å². The van der Waals surface area contributed by atoms with E-state index in [1.807, 2.05) is 23.7 Å². The number of nitrogens with zero attached hydrogens (tertiary/aromatic N) is 2. The van der Waals surface area contributed by atoms with Gasteiger partial charge >= 0.3 is 5.97 Å². The predicted molar refractivity (Wildman–Crippen MR) is 64.9 cm³/mol. The molecule has 2 heterocycles. The molecule has 17 heavy (non-hydrogen) atoms. The van der Waals surface area contributed by atoms with Crippen molar-refractivity contribution in [2.75, 3.05) is 7.11 Å². The maximum Gasteiger partial charge on any atom is 0.311 e. The highest BCUT2D eigenvalue weighted by atomic mass is 32.1. The Labute approximate surface area is 103 Å². The summed E-state index contributed by atoms with van der Waals surface area (Å²) in [5, 5.41) is 2.87. The quantitative estimate of drug-likeness (QED) is 0.775. The van der Waals surface area contributed by atoms with Crippen molar-refractivity contribution in [2.24, 2.45) is 0 Å². The number of ether oxygens (including phenoxy) is 1. The zero-order valence-corrected chi connectivity index (χ0v) is 10.2. The Bertz CT molecular complexity index is 496. The summed E-state index contributed by atoms with van der Waals surface area (Å²) < 4.78 is 4.60. The van der Waals surface area contributed by atoms with Crippen molar-refractivity contribution < 1.29 is 9.53 Å². The number of esters is 1. The third-order valence-electron chi connectivity index (χ3n) is 2.23. The van der Waals surface area contributed by atoms with Gasteiger partial charge in [0.1, 0.15) is 0 Å². The molecule has 0 spiro atoms. The third-order valence-corrected chi connectivity index (χ3v) is 3.13. The van der Waals surface area contributed by atoms with Gasteiger partial charge in [-0.3, -0.25) is 9.78 Å². The minimum atomic E-state index is -0.261. The van der Waals surface area contributed by atoms with Crippen molar-refractivity contribution in [3.05, 3.63) is 46.2 Å². The van der Waals surface area contributed by atoms with Gasteiger partial charge in [-0.2, -0.15) is 0 Å². The van der Waals surface area contributed by atoms with Gasteiger partial charge in [0.25, 0.3) is 0 Å². The van der Waals surface area contributed by atoms with Crippen LogP contribution in [0.4, 0.5) is 0 Å². The molecule has 0 aromatic carbocycles. The molecule has 2 aromatic heterocycles. The van der Waals surface area contributed by atoms with E-state index in [-0.39, 0.29) is 12.4 Å². The van der Waals surface area contributed by atoms with Crippen LogP contribution in [0.5, 0.6) is 0 Å². The van der Waals surface area contributed by atoms with Crippen LogP contribution in [0.1, 0.15) is 16.3 Å². The van der Waals surface area contributed by atoms with E-state index in [9.17, 15) is 4.79 Å². The largest absolute Gasteiger partial charge is 0.469 e. The van der Waals surface area contributed by atoms with Crippen LogP contribution in [0.15, 0.2) is 29.9 Å². The summed E-state index contributed by atoms with van der Waals surface area (Å²) in [6.45, 7) is 0. The summed E-state index contributed by atoms with van der Waals surface area (Å²) in [4.78, 5) is 19.5. The first kappa shape index (κ1) is 11.7. The van der Waals surface area contributed by atoms with Crippen molar-refractivity contribution in [1.82, 2.24) is 9.97 Å². The average Bonchev–Trinajstić information content (AvgIpc) is 2.77. The van der Waals surface area contributed by atoms with E-state index in [1.165, 1.54) is 7.11 Å². The molecule has 0 radical (unpaired) electrons. The van der Waals surface area contributed by atoms with Crippen LogP contribution in [-0.2, 0) is 22.4 Å². The number of hydrogen-bond donors (Lipinski definition) is 0. The second-order valence-electron chi connectivity index (χ2n) is 3.52. The summed E-state index contributed by atoms with van der Waals surface area (Å²) >= 11 is 1.55. The van der Waals surface area contributed by atoms with Gasteiger partial charge in [0.15, 0.2) is 0 Å². The molecule has 0 atom stereocenters. The maximum atomic E-state index is 11.1. The standard InChI is InChI=1S/C12H12N2O2S/c1-16-12(15)6-10-8-17-11(14-10)5-9-3-2-4-13-7-9/h2-4,7-8H,5-6H2,1H3. The minimum Gasteiger partial charge on any atom is -0.469 e. The molecule has 0 saturated carbocycles. The highest BCUT2D eigenvalue weighted by Gasteiger charge is 2.07. The molecule has 0 aliphatic rings. The molecule has 2 aromatic rings. The smallest absolute Gasteiger partial charge is 0.311 e. The van der Waals surface area contributed by atoms with Crippen molar-refractivity contribution in [1.29, 1.82) is 0 Å². The Morgan fingerprint density at radius 2 is 2.41 bits per heavy atom. The summed E-state index contributed by atoms with van der Waals surface area (Å²) in [6.07, 6.45) is 4.55. The number of carbonyl (C=O) groups excluding carboxylic acids is 1. The topological polar surface area (TPSA) is 52.1 Å². The number of rotatable bonds is 4.